The number of hydrogen-bond donors (Lipinski definition) is 1. The average molecular weight is 255 g/mol. The molecule has 1 N–H and O–H groups in total. The van der Waals surface area contributed by atoms with Crippen LogP contribution in [0.5, 0.6) is 0 Å². The fourth-order valence-corrected chi connectivity index (χ4v) is 2.05. The molecule has 1 fully saturated rings. The van der Waals surface area contributed by atoms with Crippen molar-refractivity contribution < 1.29 is 18.7 Å². The number of likely N-dealkylation sites (tertiary alicyclic amines) is 1. The smallest absolute Gasteiger partial charge is 0.256 e. The summed E-state index contributed by atoms with van der Waals surface area (Å²) in [6, 6.07) is 1.97. The quantitative estimate of drug-likeness (QED) is 0.832. The highest BCUT2D eigenvalue weighted by Crippen LogP contribution is 2.18. The summed E-state index contributed by atoms with van der Waals surface area (Å²) >= 11 is 0. The first-order chi connectivity index (χ1) is 8.49. The highest BCUT2D eigenvalue weighted by molar-refractivity contribution is 5.94. The van der Waals surface area contributed by atoms with Gasteiger partial charge in [0.2, 0.25) is 0 Å². The average Bonchev–Trinajstić information content (AvgIpc) is 2.34. The fraction of sp³-hybridized carbons (Fsp3) is 0.462. The number of hydrogen-bond acceptors (Lipinski definition) is 2. The Morgan fingerprint density at radius 1 is 1.28 bits per heavy atom. The lowest BCUT2D eigenvalue weighted by Crippen LogP contribution is -2.40. The van der Waals surface area contributed by atoms with Crippen LogP contribution in [-0.4, -0.2) is 35.1 Å². The van der Waals surface area contributed by atoms with Gasteiger partial charge in [-0.2, -0.15) is 0 Å². The van der Waals surface area contributed by atoms with E-state index in [0.29, 0.717) is 25.9 Å². The van der Waals surface area contributed by atoms with Gasteiger partial charge >= 0.3 is 0 Å². The van der Waals surface area contributed by atoms with E-state index in [0.717, 1.165) is 12.1 Å². The maximum Gasteiger partial charge on any atom is 0.256 e. The van der Waals surface area contributed by atoms with Gasteiger partial charge in [0.25, 0.3) is 5.91 Å². The molecule has 18 heavy (non-hydrogen) atoms. The van der Waals surface area contributed by atoms with E-state index in [1.165, 1.54) is 11.8 Å². The van der Waals surface area contributed by atoms with Crippen LogP contribution in [0.25, 0.3) is 0 Å². The van der Waals surface area contributed by atoms with E-state index in [4.69, 9.17) is 0 Å². The molecule has 0 bridgehead atoms. The molecule has 0 saturated carbocycles. The molecule has 1 saturated heterocycles. The summed E-state index contributed by atoms with van der Waals surface area (Å²) < 4.78 is 27.0. The summed E-state index contributed by atoms with van der Waals surface area (Å²) in [5.74, 6) is -1.81. The lowest BCUT2D eigenvalue weighted by atomic mass is 10.1. The number of benzene rings is 1. The second kappa shape index (κ2) is 5.02. The van der Waals surface area contributed by atoms with E-state index >= 15 is 0 Å². The van der Waals surface area contributed by atoms with E-state index in [9.17, 15) is 18.7 Å². The molecule has 1 aliphatic heterocycles. The second-order valence-corrected chi connectivity index (χ2v) is 4.60. The Bertz CT molecular complexity index is 468. The number of aliphatic hydroxyl groups excluding tert-OH is 1. The van der Waals surface area contributed by atoms with Gasteiger partial charge in [-0.3, -0.25) is 4.79 Å². The van der Waals surface area contributed by atoms with Crippen molar-refractivity contribution in [1.29, 1.82) is 0 Å². The third kappa shape index (κ3) is 2.51. The normalized spacial score (nSPS) is 17.0. The summed E-state index contributed by atoms with van der Waals surface area (Å²) in [5, 5.41) is 9.34. The van der Waals surface area contributed by atoms with Crippen molar-refractivity contribution in [2.75, 3.05) is 13.1 Å². The first-order valence-electron chi connectivity index (χ1n) is 5.92. The molecule has 1 aromatic carbocycles. The molecule has 98 valence electrons. The third-order valence-electron chi connectivity index (χ3n) is 3.23. The van der Waals surface area contributed by atoms with E-state index in [1.54, 1.807) is 0 Å². The predicted molar refractivity (Wildman–Crippen MR) is 62.2 cm³/mol. The maximum atomic E-state index is 13.6. The Balaban J connectivity index is 2.21. The van der Waals surface area contributed by atoms with E-state index in [1.807, 2.05) is 0 Å². The molecule has 0 radical (unpaired) electrons. The molecule has 5 heteroatoms. The van der Waals surface area contributed by atoms with Gasteiger partial charge < -0.3 is 10.0 Å². The topological polar surface area (TPSA) is 40.5 Å². The van der Waals surface area contributed by atoms with Crippen LogP contribution in [0, 0.1) is 18.6 Å². The lowest BCUT2D eigenvalue weighted by molar-refractivity contribution is 0.0542. The van der Waals surface area contributed by atoms with Gasteiger partial charge in [0.15, 0.2) is 0 Å². The minimum Gasteiger partial charge on any atom is -0.393 e. The van der Waals surface area contributed by atoms with Gasteiger partial charge in [-0.05, 0) is 37.5 Å². The highest BCUT2D eigenvalue weighted by atomic mass is 19.1. The first kappa shape index (κ1) is 13.0. The fourth-order valence-electron chi connectivity index (χ4n) is 2.05. The van der Waals surface area contributed by atoms with Crippen LogP contribution < -0.4 is 0 Å². The zero-order valence-corrected chi connectivity index (χ0v) is 10.1. The number of aliphatic hydroxyl groups is 1. The van der Waals surface area contributed by atoms with Crippen LogP contribution in [0.15, 0.2) is 12.1 Å². The highest BCUT2D eigenvalue weighted by Gasteiger charge is 2.25. The van der Waals surface area contributed by atoms with Crippen molar-refractivity contribution in [3.63, 3.8) is 0 Å². The summed E-state index contributed by atoms with van der Waals surface area (Å²) in [6.07, 6.45) is 0.539. The Hall–Kier alpha value is -1.49. The molecular formula is C13H15F2NO2. The second-order valence-electron chi connectivity index (χ2n) is 4.60. The van der Waals surface area contributed by atoms with Gasteiger partial charge in [-0.25, -0.2) is 8.78 Å². The number of amides is 1. The number of carbonyl (C=O) groups excluding carboxylic acids is 1. The van der Waals surface area contributed by atoms with Crippen LogP contribution in [0.1, 0.15) is 28.8 Å². The molecule has 0 unspecified atom stereocenters. The molecule has 0 aliphatic carbocycles. The maximum absolute atomic E-state index is 13.6. The molecule has 0 spiro atoms. The van der Waals surface area contributed by atoms with Crippen LogP contribution in [0.3, 0.4) is 0 Å². The van der Waals surface area contributed by atoms with Gasteiger partial charge in [0, 0.05) is 13.1 Å². The van der Waals surface area contributed by atoms with Gasteiger partial charge in [-0.15, -0.1) is 0 Å². The Morgan fingerprint density at radius 3 is 2.50 bits per heavy atom. The standard InChI is InChI=1S/C13H15F2NO2/c1-8-6-12(15)10(7-11(8)14)13(18)16-4-2-9(17)3-5-16/h6-7,9,17H,2-5H2,1H3. The van der Waals surface area contributed by atoms with Crippen LogP contribution in [-0.2, 0) is 0 Å². The van der Waals surface area contributed by atoms with Crippen molar-refractivity contribution in [1.82, 2.24) is 4.90 Å². The summed E-state index contributed by atoms with van der Waals surface area (Å²) in [4.78, 5) is 13.5. The molecular weight excluding hydrogens is 240 g/mol. The van der Waals surface area contributed by atoms with Crippen molar-refractivity contribution in [2.45, 2.75) is 25.9 Å². The molecule has 1 amide bonds. The molecule has 1 heterocycles. The SMILES string of the molecule is Cc1cc(F)c(C(=O)N2CCC(O)CC2)cc1F. The Labute approximate surface area is 104 Å². The number of rotatable bonds is 1. The van der Waals surface area contributed by atoms with Gasteiger partial charge in [0.1, 0.15) is 11.6 Å². The molecule has 3 nitrogen and oxygen atoms in total. The van der Waals surface area contributed by atoms with E-state index in [-0.39, 0.29) is 11.1 Å². The summed E-state index contributed by atoms with van der Waals surface area (Å²) in [7, 11) is 0. The number of nitrogens with zero attached hydrogens (tertiary/aromatic N) is 1. The van der Waals surface area contributed by atoms with E-state index in [2.05, 4.69) is 0 Å². The third-order valence-corrected chi connectivity index (χ3v) is 3.23. The number of halogens is 2. The minimum atomic E-state index is -0.704. The number of piperidine rings is 1. The minimum absolute atomic E-state index is 0.179. The molecule has 0 atom stereocenters. The van der Waals surface area contributed by atoms with Crippen molar-refractivity contribution >= 4 is 5.91 Å². The number of aryl methyl sites for hydroxylation is 1. The Morgan fingerprint density at radius 2 is 1.89 bits per heavy atom. The van der Waals surface area contributed by atoms with Crippen LogP contribution in [0.2, 0.25) is 0 Å². The van der Waals surface area contributed by atoms with Crippen LogP contribution in [0.4, 0.5) is 8.78 Å². The van der Waals surface area contributed by atoms with E-state index < -0.39 is 23.6 Å². The first-order valence-corrected chi connectivity index (χ1v) is 5.92. The van der Waals surface area contributed by atoms with Crippen molar-refractivity contribution in [3.8, 4) is 0 Å². The lowest BCUT2D eigenvalue weighted by Gasteiger charge is -2.29. The predicted octanol–water partition coefficient (Wildman–Crippen LogP) is 1.87. The Kier molecular flexibility index (Phi) is 3.61. The monoisotopic (exact) mass is 255 g/mol. The summed E-state index contributed by atoms with van der Waals surface area (Å²) in [6.45, 7) is 2.19. The molecule has 1 aliphatic rings. The zero-order chi connectivity index (χ0) is 13.3. The molecule has 2 rings (SSSR count). The molecule has 0 aromatic heterocycles. The zero-order valence-electron chi connectivity index (χ0n) is 10.1. The largest absolute Gasteiger partial charge is 0.393 e. The van der Waals surface area contributed by atoms with Crippen LogP contribution >= 0.6 is 0 Å². The van der Waals surface area contributed by atoms with Gasteiger partial charge in [-0.1, -0.05) is 0 Å². The van der Waals surface area contributed by atoms with Gasteiger partial charge in [0.05, 0.1) is 11.7 Å². The molecule has 1 aromatic rings. The van der Waals surface area contributed by atoms with Crippen molar-refractivity contribution in [2.24, 2.45) is 0 Å². The van der Waals surface area contributed by atoms with Crippen molar-refractivity contribution in [3.05, 3.63) is 34.9 Å². The number of carbonyl (C=O) groups is 1. The summed E-state index contributed by atoms with van der Waals surface area (Å²) in [5.41, 5.74) is -0.0624.